The van der Waals surface area contributed by atoms with E-state index in [1.165, 1.54) is 10.2 Å². The first kappa shape index (κ1) is 18.4. The van der Waals surface area contributed by atoms with Gasteiger partial charge >= 0.3 is 0 Å². The van der Waals surface area contributed by atoms with Gasteiger partial charge in [0.1, 0.15) is 5.75 Å². The smallest absolute Gasteiger partial charge is 0.269 e. The highest BCUT2D eigenvalue weighted by molar-refractivity contribution is 7.90. The van der Waals surface area contributed by atoms with Crippen LogP contribution in [0, 0.1) is 6.92 Å². The molecule has 0 aliphatic heterocycles. The molecule has 2 aromatic carbocycles. The lowest BCUT2D eigenvalue weighted by atomic mass is 10.0. The van der Waals surface area contributed by atoms with E-state index in [0.29, 0.717) is 16.8 Å². The van der Waals surface area contributed by atoms with Crippen molar-refractivity contribution in [3.63, 3.8) is 0 Å². The molecule has 0 fully saturated rings. The highest BCUT2D eigenvalue weighted by atomic mass is 32.2. The number of methoxy groups -OCH3 is 1. The molecule has 150 valence electrons. The zero-order chi connectivity index (χ0) is 20.9. The molecule has 7 heteroatoms. The minimum atomic E-state index is -3.81. The van der Waals surface area contributed by atoms with Crippen LogP contribution in [-0.2, 0) is 10.0 Å². The molecule has 3 heterocycles. The first-order chi connectivity index (χ1) is 14.5. The summed E-state index contributed by atoms with van der Waals surface area (Å²) in [6.07, 6.45) is 5.05. The summed E-state index contributed by atoms with van der Waals surface area (Å²) in [5.74, 6) is 0.567. The maximum atomic E-state index is 13.4. The van der Waals surface area contributed by atoms with E-state index in [0.717, 1.165) is 27.6 Å². The molecule has 6 nitrogen and oxygen atoms in total. The Hall–Kier alpha value is -3.58. The lowest BCUT2D eigenvalue weighted by Crippen LogP contribution is -2.12. The van der Waals surface area contributed by atoms with E-state index in [4.69, 9.17) is 4.74 Å². The van der Waals surface area contributed by atoms with E-state index in [1.807, 2.05) is 43.5 Å². The molecule has 30 heavy (non-hydrogen) atoms. The van der Waals surface area contributed by atoms with Gasteiger partial charge < -0.3 is 9.72 Å². The maximum Gasteiger partial charge on any atom is 0.269 e. The van der Waals surface area contributed by atoms with Gasteiger partial charge in [0, 0.05) is 28.9 Å². The number of pyridine rings is 1. The second-order valence-corrected chi connectivity index (χ2v) is 9.00. The first-order valence-corrected chi connectivity index (χ1v) is 10.9. The summed E-state index contributed by atoms with van der Waals surface area (Å²) in [5.41, 5.74) is 4.05. The average molecular weight is 417 g/mol. The Labute approximate surface area is 173 Å². The fourth-order valence-electron chi connectivity index (χ4n) is 3.63. The molecular formula is C23H19N3O3S. The van der Waals surface area contributed by atoms with Crippen LogP contribution in [0.25, 0.3) is 33.1 Å². The normalized spacial score (nSPS) is 11.9. The van der Waals surface area contributed by atoms with Crippen molar-refractivity contribution in [2.75, 3.05) is 7.11 Å². The van der Waals surface area contributed by atoms with Crippen LogP contribution in [0.1, 0.15) is 5.56 Å². The van der Waals surface area contributed by atoms with E-state index in [-0.39, 0.29) is 4.90 Å². The van der Waals surface area contributed by atoms with Crippen molar-refractivity contribution in [1.29, 1.82) is 0 Å². The largest absolute Gasteiger partial charge is 0.495 e. The molecule has 3 aromatic heterocycles. The Bertz CT molecular complexity index is 1500. The molecule has 0 unspecified atom stereocenters. The van der Waals surface area contributed by atoms with E-state index in [1.54, 1.807) is 37.6 Å². The van der Waals surface area contributed by atoms with Crippen molar-refractivity contribution in [1.82, 2.24) is 13.9 Å². The van der Waals surface area contributed by atoms with Crippen molar-refractivity contribution in [2.24, 2.45) is 0 Å². The Morgan fingerprint density at radius 1 is 1.03 bits per heavy atom. The van der Waals surface area contributed by atoms with E-state index < -0.39 is 10.0 Å². The minimum absolute atomic E-state index is 0.218. The zero-order valence-corrected chi connectivity index (χ0v) is 17.3. The van der Waals surface area contributed by atoms with Crippen molar-refractivity contribution < 1.29 is 13.2 Å². The number of H-pyrrole nitrogens is 1. The predicted molar refractivity (Wildman–Crippen MR) is 117 cm³/mol. The number of aromatic nitrogens is 3. The van der Waals surface area contributed by atoms with Gasteiger partial charge in [0.25, 0.3) is 10.0 Å². The summed E-state index contributed by atoms with van der Waals surface area (Å²) >= 11 is 0. The third kappa shape index (κ3) is 2.86. The number of rotatable bonds is 4. The number of fused-ring (bicyclic) bond motifs is 2. The molecule has 0 spiro atoms. The molecule has 0 radical (unpaired) electrons. The molecule has 5 rings (SSSR count). The van der Waals surface area contributed by atoms with Gasteiger partial charge in [-0.15, -0.1) is 0 Å². The summed E-state index contributed by atoms with van der Waals surface area (Å²) < 4.78 is 33.4. The molecule has 0 atom stereocenters. The van der Waals surface area contributed by atoms with Gasteiger partial charge in [-0.2, -0.15) is 0 Å². The van der Waals surface area contributed by atoms with Crippen LogP contribution in [0.5, 0.6) is 5.75 Å². The number of hydrogen-bond acceptors (Lipinski definition) is 4. The highest BCUT2D eigenvalue weighted by Crippen LogP contribution is 2.35. The third-order valence-electron chi connectivity index (χ3n) is 5.26. The summed E-state index contributed by atoms with van der Waals surface area (Å²) in [6.45, 7) is 1.92. The van der Waals surface area contributed by atoms with Gasteiger partial charge in [0.2, 0.25) is 0 Å². The van der Waals surface area contributed by atoms with Crippen LogP contribution in [0.3, 0.4) is 0 Å². The number of hydrogen-bond donors (Lipinski definition) is 1. The standard InChI is InChI=1S/C23H19N3O3S/c1-15-3-6-19(7-4-15)30(27,28)26-14-21(20-12-18(29-2)13-25-23(20)26)16-5-8-22-17(11-16)9-10-24-22/h3-14,24H,1-2H3. The van der Waals surface area contributed by atoms with E-state index in [9.17, 15) is 8.42 Å². The number of nitrogens with zero attached hydrogens (tertiary/aromatic N) is 2. The Kier molecular flexibility index (Phi) is 4.15. The van der Waals surface area contributed by atoms with Crippen molar-refractivity contribution >= 4 is 32.0 Å². The molecule has 0 saturated carbocycles. The number of benzene rings is 2. The molecule has 0 bridgehead atoms. The number of aromatic amines is 1. The summed E-state index contributed by atoms with van der Waals surface area (Å²) in [7, 11) is -2.25. The molecular weight excluding hydrogens is 398 g/mol. The van der Waals surface area contributed by atoms with Crippen molar-refractivity contribution in [3.8, 4) is 16.9 Å². The number of nitrogens with one attached hydrogen (secondary N) is 1. The lowest BCUT2D eigenvalue weighted by Gasteiger charge is -2.07. The quantitative estimate of drug-likeness (QED) is 0.458. The second-order valence-electron chi connectivity index (χ2n) is 7.18. The van der Waals surface area contributed by atoms with E-state index in [2.05, 4.69) is 9.97 Å². The lowest BCUT2D eigenvalue weighted by molar-refractivity contribution is 0.413. The SMILES string of the molecule is COc1cnc2c(c1)c(-c1ccc3[nH]ccc3c1)cn2S(=O)(=O)c1ccc(C)cc1. The van der Waals surface area contributed by atoms with Gasteiger partial charge in [-0.25, -0.2) is 17.4 Å². The van der Waals surface area contributed by atoms with Crippen LogP contribution < -0.4 is 4.74 Å². The monoisotopic (exact) mass is 417 g/mol. The van der Waals surface area contributed by atoms with Gasteiger partial charge in [-0.05, 0) is 54.3 Å². The summed E-state index contributed by atoms with van der Waals surface area (Å²) in [5, 5.41) is 1.76. The maximum absolute atomic E-state index is 13.4. The molecule has 0 amide bonds. The topological polar surface area (TPSA) is 77.0 Å². The van der Waals surface area contributed by atoms with Crippen LogP contribution in [0.15, 0.2) is 78.1 Å². The molecule has 0 saturated heterocycles. The second kappa shape index (κ2) is 6.74. The molecule has 0 aliphatic carbocycles. The van der Waals surface area contributed by atoms with Crippen molar-refractivity contribution in [3.05, 3.63) is 78.8 Å². The first-order valence-electron chi connectivity index (χ1n) is 9.42. The van der Waals surface area contributed by atoms with Gasteiger partial charge in [-0.3, -0.25) is 0 Å². The molecule has 0 aliphatic rings. The predicted octanol–water partition coefficient (Wildman–Crippen LogP) is 4.74. The highest BCUT2D eigenvalue weighted by Gasteiger charge is 2.23. The van der Waals surface area contributed by atoms with E-state index >= 15 is 0 Å². The molecule has 1 N–H and O–H groups in total. The van der Waals surface area contributed by atoms with Crippen LogP contribution in [0.2, 0.25) is 0 Å². The van der Waals surface area contributed by atoms with Crippen LogP contribution >= 0.6 is 0 Å². The molecule has 5 aromatic rings. The number of ether oxygens (including phenoxy) is 1. The fourth-order valence-corrected chi connectivity index (χ4v) is 4.95. The summed E-state index contributed by atoms with van der Waals surface area (Å²) in [6, 6.07) is 16.6. The van der Waals surface area contributed by atoms with Gasteiger partial charge in [0.05, 0.1) is 18.2 Å². The van der Waals surface area contributed by atoms with Crippen LogP contribution in [0.4, 0.5) is 0 Å². The van der Waals surface area contributed by atoms with Crippen LogP contribution in [-0.4, -0.2) is 29.5 Å². The number of aryl methyl sites for hydroxylation is 1. The summed E-state index contributed by atoms with van der Waals surface area (Å²) in [4.78, 5) is 7.81. The Morgan fingerprint density at radius 3 is 2.60 bits per heavy atom. The van der Waals surface area contributed by atoms with Gasteiger partial charge in [-0.1, -0.05) is 23.8 Å². The Balaban J connectivity index is 1.78. The fraction of sp³-hybridized carbons (Fsp3) is 0.0870. The van der Waals surface area contributed by atoms with Gasteiger partial charge in [0.15, 0.2) is 5.65 Å². The van der Waals surface area contributed by atoms with Crippen molar-refractivity contribution in [2.45, 2.75) is 11.8 Å². The third-order valence-corrected chi connectivity index (χ3v) is 6.93. The average Bonchev–Trinajstić information content (AvgIpc) is 3.37. The Morgan fingerprint density at radius 2 is 1.83 bits per heavy atom. The minimum Gasteiger partial charge on any atom is -0.495 e. The zero-order valence-electron chi connectivity index (χ0n) is 16.5.